The van der Waals surface area contributed by atoms with Crippen molar-refractivity contribution in [3.05, 3.63) is 36.5 Å². The highest BCUT2D eigenvalue weighted by Crippen LogP contribution is 2.18. The fourth-order valence-electron chi connectivity index (χ4n) is 9.31. The summed E-state index contributed by atoms with van der Waals surface area (Å²) >= 11 is 0. The molecular weight excluding hydrogens is 795 g/mol. The molecule has 0 aromatic heterocycles. The maximum absolute atomic E-state index is 12.4. The number of carbonyl (C=O) groups excluding carboxylic acids is 1. The van der Waals surface area contributed by atoms with E-state index in [0.717, 1.165) is 32.1 Å². The molecule has 0 bridgehead atoms. The Morgan fingerprint density at radius 1 is 0.354 bits per heavy atom. The van der Waals surface area contributed by atoms with Crippen molar-refractivity contribution in [3.63, 3.8) is 0 Å². The molecule has 384 valence electrons. The van der Waals surface area contributed by atoms with Gasteiger partial charge in [0.05, 0.1) is 18.8 Å². The third kappa shape index (κ3) is 53.4. The van der Waals surface area contributed by atoms with Crippen LogP contribution in [0.15, 0.2) is 36.5 Å². The largest absolute Gasteiger partial charge is 0.394 e. The van der Waals surface area contributed by atoms with E-state index in [1.165, 1.54) is 276 Å². The van der Waals surface area contributed by atoms with Crippen LogP contribution < -0.4 is 5.32 Å². The second-order valence-corrected chi connectivity index (χ2v) is 20.4. The lowest BCUT2D eigenvalue weighted by atomic mass is 10.0. The molecule has 0 saturated carbocycles. The SMILES string of the molecule is CCCCCCCC/C=C/CC/C=C/C(O)C(CO)NC(=O)CCCCCCCCCCCCCCCCCCCCCCCCCCCCCCC/C=C\CCCCCCCCCC. The highest BCUT2D eigenvalue weighted by Gasteiger charge is 2.18. The Morgan fingerprint density at radius 2 is 0.600 bits per heavy atom. The smallest absolute Gasteiger partial charge is 0.220 e. The zero-order valence-electron chi connectivity index (χ0n) is 44.3. The minimum absolute atomic E-state index is 0.0695. The second-order valence-electron chi connectivity index (χ2n) is 20.4. The van der Waals surface area contributed by atoms with Crippen molar-refractivity contribution in [2.75, 3.05) is 6.61 Å². The Labute approximate surface area is 408 Å². The van der Waals surface area contributed by atoms with E-state index in [9.17, 15) is 15.0 Å². The van der Waals surface area contributed by atoms with E-state index in [2.05, 4.69) is 43.5 Å². The minimum atomic E-state index is -0.859. The van der Waals surface area contributed by atoms with Crippen LogP contribution >= 0.6 is 0 Å². The van der Waals surface area contributed by atoms with Crippen LogP contribution in [0.1, 0.15) is 328 Å². The highest BCUT2D eigenvalue weighted by molar-refractivity contribution is 5.76. The molecule has 0 aliphatic carbocycles. The number of hydrogen-bond donors (Lipinski definition) is 3. The monoisotopic (exact) mass is 912 g/mol. The molecule has 4 heteroatoms. The predicted octanol–water partition coefficient (Wildman–Crippen LogP) is 19.6. The Kier molecular flexibility index (Phi) is 55.7. The summed E-state index contributed by atoms with van der Waals surface area (Å²) in [5.74, 6) is -0.0695. The first-order valence-corrected chi connectivity index (χ1v) is 29.7. The van der Waals surface area contributed by atoms with Crippen molar-refractivity contribution in [1.29, 1.82) is 0 Å². The van der Waals surface area contributed by atoms with Crippen LogP contribution in [0.3, 0.4) is 0 Å². The molecule has 0 aromatic rings. The molecule has 0 rings (SSSR count). The molecule has 2 unspecified atom stereocenters. The molecule has 2 atom stereocenters. The van der Waals surface area contributed by atoms with Gasteiger partial charge in [-0.2, -0.15) is 0 Å². The van der Waals surface area contributed by atoms with Crippen molar-refractivity contribution < 1.29 is 15.0 Å². The summed E-state index contributed by atoms with van der Waals surface area (Å²) < 4.78 is 0. The van der Waals surface area contributed by atoms with E-state index in [0.29, 0.717) is 6.42 Å². The van der Waals surface area contributed by atoms with Gasteiger partial charge in [0.2, 0.25) is 5.91 Å². The van der Waals surface area contributed by atoms with Crippen LogP contribution in [-0.2, 0) is 4.79 Å². The number of aliphatic hydroxyl groups is 2. The van der Waals surface area contributed by atoms with Crippen molar-refractivity contribution in [2.24, 2.45) is 0 Å². The zero-order chi connectivity index (χ0) is 47.0. The van der Waals surface area contributed by atoms with Gasteiger partial charge in [-0.15, -0.1) is 0 Å². The third-order valence-electron chi connectivity index (χ3n) is 13.8. The van der Waals surface area contributed by atoms with E-state index in [4.69, 9.17) is 0 Å². The van der Waals surface area contributed by atoms with Crippen LogP contribution in [0.25, 0.3) is 0 Å². The molecule has 0 radical (unpaired) electrons. The number of aliphatic hydroxyl groups excluding tert-OH is 2. The number of nitrogens with one attached hydrogen (secondary N) is 1. The highest BCUT2D eigenvalue weighted by atomic mass is 16.3. The van der Waals surface area contributed by atoms with Gasteiger partial charge in [-0.25, -0.2) is 0 Å². The molecule has 1 amide bonds. The first-order valence-electron chi connectivity index (χ1n) is 29.7. The Hall–Kier alpha value is -1.39. The molecular formula is C61H117NO3. The quantitative estimate of drug-likeness (QED) is 0.0421. The summed E-state index contributed by atoms with van der Waals surface area (Å²) in [5, 5.41) is 23.0. The lowest BCUT2D eigenvalue weighted by Gasteiger charge is -2.19. The average Bonchev–Trinajstić information content (AvgIpc) is 3.31. The summed E-state index contributed by atoms with van der Waals surface area (Å²) in [4.78, 5) is 12.4. The van der Waals surface area contributed by atoms with Gasteiger partial charge in [0, 0.05) is 6.42 Å². The molecule has 3 N–H and O–H groups in total. The van der Waals surface area contributed by atoms with Gasteiger partial charge < -0.3 is 15.5 Å². The van der Waals surface area contributed by atoms with Gasteiger partial charge in [0.15, 0.2) is 0 Å². The van der Waals surface area contributed by atoms with E-state index in [1.807, 2.05) is 6.08 Å². The van der Waals surface area contributed by atoms with Gasteiger partial charge in [-0.05, 0) is 57.8 Å². The van der Waals surface area contributed by atoms with Crippen LogP contribution in [0.4, 0.5) is 0 Å². The number of unbranched alkanes of at least 4 members (excludes halogenated alkanes) is 44. The number of rotatable bonds is 55. The first-order chi connectivity index (χ1) is 32.2. The van der Waals surface area contributed by atoms with Crippen LogP contribution in [0.5, 0.6) is 0 Å². The number of carbonyl (C=O) groups is 1. The molecule has 4 nitrogen and oxygen atoms in total. The topological polar surface area (TPSA) is 69.6 Å². The lowest BCUT2D eigenvalue weighted by Crippen LogP contribution is -2.45. The first kappa shape index (κ1) is 63.6. The molecule has 0 aliphatic heterocycles. The number of hydrogen-bond acceptors (Lipinski definition) is 3. The van der Waals surface area contributed by atoms with Gasteiger partial charge in [-0.3, -0.25) is 4.79 Å². The standard InChI is InChI=1S/C61H117NO3/c1-3-5-7-9-11-13-15-17-18-19-20-21-22-23-24-25-26-27-28-29-30-31-32-33-34-35-36-37-38-39-40-41-42-43-44-45-47-49-51-53-55-57-61(65)62-59(58-63)60(64)56-54-52-50-48-46-16-14-12-10-8-6-4-2/h19-20,46,48,54,56,59-60,63-64H,3-18,21-45,47,49-53,55,57-58H2,1-2H3,(H,62,65)/b20-19-,48-46+,56-54+. The molecule has 0 saturated heterocycles. The zero-order valence-corrected chi connectivity index (χ0v) is 44.3. The maximum Gasteiger partial charge on any atom is 0.220 e. The third-order valence-corrected chi connectivity index (χ3v) is 13.8. The number of amides is 1. The molecule has 0 spiro atoms. The fourth-order valence-corrected chi connectivity index (χ4v) is 9.31. The summed E-state index contributed by atoms with van der Waals surface area (Å²) in [5.41, 5.74) is 0. The molecule has 0 aromatic carbocycles. The minimum Gasteiger partial charge on any atom is -0.394 e. The Morgan fingerprint density at radius 3 is 0.892 bits per heavy atom. The van der Waals surface area contributed by atoms with Gasteiger partial charge in [-0.1, -0.05) is 301 Å². The number of allylic oxidation sites excluding steroid dienone is 5. The molecule has 0 aliphatic rings. The molecule has 0 heterocycles. The lowest BCUT2D eigenvalue weighted by molar-refractivity contribution is -0.123. The summed E-state index contributed by atoms with van der Waals surface area (Å²) in [6.07, 6.45) is 77.8. The Balaban J connectivity index is 3.35. The fraction of sp³-hybridized carbons (Fsp3) is 0.885. The van der Waals surface area contributed by atoms with Crippen LogP contribution in [-0.4, -0.2) is 34.9 Å². The summed E-state index contributed by atoms with van der Waals surface area (Å²) in [6.45, 7) is 4.30. The summed E-state index contributed by atoms with van der Waals surface area (Å²) in [6, 6.07) is -0.635. The van der Waals surface area contributed by atoms with Crippen molar-refractivity contribution in [3.8, 4) is 0 Å². The van der Waals surface area contributed by atoms with E-state index < -0.39 is 12.1 Å². The maximum atomic E-state index is 12.4. The predicted molar refractivity (Wildman–Crippen MR) is 290 cm³/mol. The summed E-state index contributed by atoms with van der Waals surface area (Å²) in [7, 11) is 0. The van der Waals surface area contributed by atoms with Gasteiger partial charge in [0.25, 0.3) is 0 Å². The van der Waals surface area contributed by atoms with Gasteiger partial charge >= 0.3 is 0 Å². The van der Waals surface area contributed by atoms with Crippen molar-refractivity contribution in [1.82, 2.24) is 5.32 Å². The van der Waals surface area contributed by atoms with Crippen LogP contribution in [0.2, 0.25) is 0 Å². The second kappa shape index (κ2) is 56.9. The normalized spacial score (nSPS) is 13.0. The molecule has 65 heavy (non-hydrogen) atoms. The van der Waals surface area contributed by atoms with E-state index in [-0.39, 0.29) is 12.5 Å². The molecule has 0 fully saturated rings. The van der Waals surface area contributed by atoms with E-state index >= 15 is 0 Å². The van der Waals surface area contributed by atoms with Crippen molar-refractivity contribution in [2.45, 2.75) is 341 Å². The van der Waals surface area contributed by atoms with Crippen LogP contribution in [0, 0.1) is 0 Å². The van der Waals surface area contributed by atoms with Gasteiger partial charge in [0.1, 0.15) is 0 Å². The Bertz CT molecular complexity index is 989. The van der Waals surface area contributed by atoms with Crippen molar-refractivity contribution >= 4 is 5.91 Å². The average molecular weight is 913 g/mol. The van der Waals surface area contributed by atoms with E-state index in [1.54, 1.807) is 6.08 Å².